The van der Waals surface area contributed by atoms with E-state index in [0.717, 1.165) is 43.4 Å². The van der Waals surface area contributed by atoms with Crippen molar-refractivity contribution in [2.45, 2.75) is 6.92 Å². The van der Waals surface area contributed by atoms with E-state index in [4.69, 9.17) is 15.5 Å². The van der Waals surface area contributed by atoms with Gasteiger partial charge in [0.1, 0.15) is 0 Å². The first kappa shape index (κ1) is 17.4. The number of pyridine rings is 1. The first-order valence-corrected chi connectivity index (χ1v) is 12.5. The highest BCUT2D eigenvalue weighted by Crippen LogP contribution is 2.37. The van der Waals surface area contributed by atoms with Gasteiger partial charge in [0.05, 0.1) is 22.2 Å². The van der Waals surface area contributed by atoms with Gasteiger partial charge in [0.2, 0.25) is 5.95 Å². The van der Waals surface area contributed by atoms with E-state index in [1.54, 1.807) is 19.2 Å². The third-order valence-electron chi connectivity index (χ3n) is 7.27. The Balaban J connectivity index is 1.55. The van der Waals surface area contributed by atoms with E-state index in [1.165, 1.54) is 0 Å². The molecule has 4 nitrogen and oxygen atoms in total. The van der Waals surface area contributed by atoms with Gasteiger partial charge in [-0.15, -0.1) is 0 Å². The van der Waals surface area contributed by atoms with E-state index in [1.807, 2.05) is 34.9 Å². The van der Waals surface area contributed by atoms with E-state index >= 15 is 0 Å². The molecule has 0 amide bonds. The van der Waals surface area contributed by atoms with Crippen LogP contribution in [-0.4, -0.2) is 19.5 Å². The molecule has 0 bridgehead atoms. The molecule has 0 radical (unpaired) electrons. The molecule has 8 rings (SSSR count). The summed E-state index contributed by atoms with van der Waals surface area (Å²) in [7, 11) is 0. The van der Waals surface area contributed by atoms with Crippen LogP contribution in [0.5, 0.6) is 0 Å². The summed E-state index contributed by atoms with van der Waals surface area (Å²) in [5.41, 5.74) is 3.51. The summed E-state index contributed by atoms with van der Waals surface area (Å²) in [6.45, 7) is 1.70. The lowest BCUT2D eigenvalue weighted by atomic mass is 10.0. The van der Waals surface area contributed by atoms with Crippen molar-refractivity contribution in [1.82, 2.24) is 19.5 Å². The van der Waals surface area contributed by atoms with Gasteiger partial charge in [-0.25, -0.2) is 9.97 Å². The second kappa shape index (κ2) is 7.95. The molecule has 0 unspecified atom stereocenters. The molecule has 3 heterocycles. The van der Waals surface area contributed by atoms with Crippen molar-refractivity contribution in [2.75, 3.05) is 0 Å². The molecule has 0 N–H and O–H groups in total. The minimum atomic E-state index is -0.299. The highest BCUT2D eigenvalue weighted by molar-refractivity contribution is 6.16. The van der Waals surface area contributed by atoms with Gasteiger partial charge in [-0.2, -0.15) is 4.98 Å². The number of hydrogen-bond acceptors (Lipinski definition) is 3. The van der Waals surface area contributed by atoms with Crippen molar-refractivity contribution in [1.29, 1.82) is 0 Å². The van der Waals surface area contributed by atoms with E-state index < -0.39 is 0 Å². The molecule has 0 fully saturated rings. The normalized spacial score (nSPS) is 13.3. The van der Waals surface area contributed by atoms with Crippen LogP contribution in [-0.2, 0) is 0 Å². The topological polar surface area (TPSA) is 43.6 Å². The minimum Gasteiger partial charge on any atom is -0.278 e. The molecule has 38 heavy (non-hydrogen) atoms. The van der Waals surface area contributed by atoms with Gasteiger partial charge < -0.3 is 0 Å². The second-order valence-corrected chi connectivity index (χ2v) is 9.52. The molecule has 0 saturated carbocycles. The fraction of sp³-hybridized carbons (Fsp3) is 0.0294. The largest absolute Gasteiger partial charge is 0.278 e. The van der Waals surface area contributed by atoms with Crippen molar-refractivity contribution < 1.29 is 5.48 Å². The van der Waals surface area contributed by atoms with Crippen LogP contribution in [0.15, 0.2) is 115 Å². The third kappa shape index (κ3) is 3.07. The van der Waals surface area contributed by atoms with Crippen molar-refractivity contribution in [3.63, 3.8) is 0 Å². The lowest BCUT2D eigenvalue weighted by molar-refractivity contribution is 1.00. The zero-order chi connectivity index (χ0) is 28.7. The Morgan fingerprint density at radius 3 is 1.92 bits per heavy atom. The summed E-state index contributed by atoms with van der Waals surface area (Å²) >= 11 is 0. The van der Waals surface area contributed by atoms with Gasteiger partial charge in [-0.05, 0) is 70.4 Å². The number of hydrogen-bond donors (Lipinski definition) is 0. The Kier molecular flexibility index (Phi) is 3.64. The molecule has 0 atom stereocenters. The van der Waals surface area contributed by atoms with Crippen LogP contribution in [0.1, 0.15) is 11.0 Å². The maximum atomic E-state index is 8.80. The monoisotopic (exact) mass is 490 g/mol. The molecule has 0 saturated heterocycles. The number of fused-ring (bicyclic) bond motifs is 6. The van der Waals surface area contributed by atoms with Gasteiger partial charge in [0.25, 0.3) is 0 Å². The van der Waals surface area contributed by atoms with Crippen LogP contribution < -0.4 is 0 Å². The smallest absolute Gasteiger partial charge is 0.237 e. The molecule has 5 aromatic carbocycles. The average Bonchev–Trinajstić information content (AvgIpc) is 3.32. The standard InChI is InChI=1S/C34H22N4/c1-21-9-2-7-14-26(21)32-27-15-8-16-35-33(27)37-34(36-32)38-30-19-24-12-5-3-10-22(24)17-28(30)29-18-23-11-4-6-13-25(23)20-31(29)38/h2-20H,1H3/i2D,7D,9D,14D. The lowest BCUT2D eigenvalue weighted by Gasteiger charge is -2.13. The highest BCUT2D eigenvalue weighted by Gasteiger charge is 2.19. The van der Waals surface area contributed by atoms with Crippen LogP contribution >= 0.6 is 0 Å². The number of benzene rings is 5. The molecular weight excluding hydrogens is 464 g/mol. The zero-order valence-electron chi connectivity index (χ0n) is 24.4. The lowest BCUT2D eigenvalue weighted by Crippen LogP contribution is -2.04. The van der Waals surface area contributed by atoms with Gasteiger partial charge in [0.15, 0.2) is 5.65 Å². The predicted molar refractivity (Wildman–Crippen MR) is 157 cm³/mol. The fourth-order valence-corrected chi connectivity index (χ4v) is 5.46. The molecule has 0 aliphatic carbocycles. The molecule has 178 valence electrons. The molecular formula is C34H22N4. The Hall–Kier alpha value is -5.09. The maximum Gasteiger partial charge on any atom is 0.237 e. The quantitative estimate of drug-likeness (QED) is 0.244. The van der Waals surface area contributed by atoms with Crippen molar-refractivity contribution in [3.05, 3.63) is 121 Å². The van der Waals surface area contributed by atoms with Crippen LogP contribution in [0, 0.1) is 6.92 Å². The average molecular weight is 491 g/mol. The summed E-state index contributed by atoms with van der Waals surface area (Å²) in [5, 5.41) is 7.20. The maximum absolute atomic E-state index is 8.80. The molecule has 8 aromatic rings. The SMILES string of the molecule is [2H]c1c([2H])c([2H])c(-c2nc(-n3c4cc5ccccc5cc4c4cc5ccccc5cc43)nc3ncccc23)c(C)c1[2H]. The Morgan fingerprint density at radius 2 is 1.26 bits per heavy atom. The molecule has 4 heteroatoms. The zero-order valence-corrected chi connectivity index (χ0v) is 20.4. The summed E-state index contributed by atoms with van der Waals surface area (Å²) in [6.07, 6.45) is 1.67. The number of nitrogens with zero attached hydrogens (tertiary/aromatic N) is 4. The van der Waals surface area contributed by atoms with Gasteiger partial charge >= 0.3 is 0 Å². The summed E-state index contributed by atoms with van der Waals surface area (Å²) < 4.78 is 35.9. The first-order valence-electron chi connectivity index (χ1n) is 14.5. The van der Waals surface area contributed by atoms with E-state index in [0.29, 0.717) is 33.8 Å². The van der Waals surface area contributed by atoms with Gasteiger partial charge in [-0.1, -0.05) is 72.7 Å². The number of aromatic nitrogens is 4. The minimum absolute atomic E-state index is 0.0852. The van der Waals surface area contributed by atoms with Crippen LogP contribution in [0.2, 0.25) is 0 Å². The molecule has 0 spiro atoms. The van der Waals surface area contributed by atoms with Crippen LogP contribution in [0.3, 0.4) is 0 Å². The fourth-order valence-electron chi connectivity index (χ4n) is 5.46. The predicted octanol–water partition coefficient (Wildman–Crippen LogP) is 8.40. The van der Waals surface area contributed by atoms with Gasteiger partial charge in [-0.3, -0.25) is 4.57 Å². The third-order valence-corrected chi connectivity index (χ3v) is 7.27. The molecule has 0 aliphatic heterocycles. The van der Waals surface area contributed by atoms with Gasteiger partial charge in [0, 0.05) is 27.9 Å². The van der Waals surface area contributed by atoms with E-state index in [-0.39, 0.29) is 24.2 Å². The molecule has 3 aromatic heterocycles. The number of rotatable bonds is 2. The summed E-state index contributed by atoms with van der Waals surface area (Å²) in [5.74, 6) is 0.383. The second-order valence-electron chi connectivity index (χ2n) is 9.52. The van der Waals surface area contributed by atoms with Crippen molar-refractivity contribution in [3.8, 4) is 17.2 Å². The summed E-state index contributed by atoms with van der Waals surface area (Å²) in [4.78, 5) is 14.6. The Labute approximate surface area is 224 Å². The van der Waals surface area contributed by atoms with E-state index in [2.05, 4.69) is 53.5 Å². The first-order chi connectivity index (χ1) is 20.4. The van der Waals surface area contributed by atoms with Crippen LogP contribution in [0.25, 0.3) is 71.6 Å². The van der Waals surface area contributed by atoms with Crippen molar-refractivity contribution in [2.24, 2.45) is 0 Å². The summed E-state index contributed by atoms with van der Waals surface area (Å²) in [6, 6.07) is 28.1. The highest BCUT2D eigenvalue weighted by atomic mass is 15.2. The van der Waals surface area contributed by atoms with Crippen LogP contribution in [0.4, 0.5) is 0 Å². The van der Waals surface area contributed by atoms with E-state index in [9.17, 15) is 0 Å². The molecule has 0 aliphatic rings. The Morgan fingerprint density at radius 1 is 0.658 bits per heavy atom. The Bertz CT molecular complexity index is 2310. The van der Waals surface area contributed by atoms with Crippen molar-refractivity contribution >= 4 is 54.4 Å².